The first kappa shape index (κ1) is 13.2. The van der Waals surface area contributed by atoms with Crippen molar-refractivity contribution in [2.24, 2.45) is 0 Å². The Morgan fingerprint density at radius 1 is 1.11 bits per heavy atom. The van der Waals surface area contributed by atoms with Gasteiger partial charge in [-0.15, -0.1) is 0 Å². The van der Waals surface area contributed by atoms with Crippen LogP contribution in [0, 0.1) is 0 Å². The summed E-state index contributed by atoms with van der Waals surface area (Å²) in [6.45, 7) is 6.51. The summed E-state index contributed by atoms with van der Waals surface area (Å²) < 4.78 is 0. The number of rotatable bonds is 2. The second-order valence-corrected chi connectivity index (χ2v) is 5.46. The molecule has 1 saturated heterocycles. The van der Waals surface area contributed by atoms with Crippen molar-refractivity contribution < 1.29 is 10.2 Å². The van der Waals surface area contributed by atoms with Gasteiger partial charge in [0.15, 0.2) is 0 Å². The summed E-state index contributed by atoms with van der Waals surface area (Å²) in [5.41, 5.74) is 0.651. The summed E-state index contributed by atoms with van der Waals surface area (Å²) in [4.78, 5) is 2.40. The molecule has 1 aliphatic heterocycles. The van der Waals surface area contributed by atoms with Gasteiger partial charge in [-0.25, -0.2) is 0 Å². The van der Waals surface area contributed by atoms with Gasteiger partial charge in [-0.05, 0) is 45.7 Å². The minimum atomic E-state index is 0.0384. The van der Waals surface area contributed by atoms with Gasteiger partial charge >= 0.3 is 0 Å². The Morgan fingerprint density at radius 3 is 2.11 bits per heavy atom. The monoisotopic (exact) mass is 249 g/mol. The molecule has 2 rings (SSSR count). The smallest absolute Gasteiger partial charge is 0.124 e. The maximum atomic E-state index is 9.98. The third-order valence-corrected chi connectivity index (χ3v) is 4.19. The second kappa shape index (κ2) is 5.19. The van der Waals surface area contributed by atoms with E-state index in [9.17, 15) is 10.2 Å². The average Bonchev–Trinajstić information content (AvgIpc) is 2.28. The van der Waals surface area contributed by atoms with E-state index in [1.54, 1.807) is 18.2 Å². The maximum absolute atomic E-state index is 9.98. The molecule has 1 aromatic rings. The van der Waals surface area contributed by atoms with Crippen LogP contribution in [0.5, 0.6) is 11.5 Å². The van der Waals surface area contributed by atoms with Crippen LogP contribution in [0.25, 0.3) is 0 Å². The van der Waals surface area contributed by atoms with Crippen LogP contribution >= 0.6 is 0 Å². The fourth-order valence-electron chi connectivity index (χ4n) is 3.32. The van der Waals surface area contributed by atoms with E-state index in [4.69, 9.17) is 0 Å². The summed E-state index contributed by atoms with van der Waals surface area (Å²) in [7, 11) is 0. The highest BCUT2D eigenvalue weighted by Gasteiger charge is 2.31. The first-order valence-electron chi connectivity index (χ1n) is 6.80. The molecule has 0 spiro atoms. The molecule has 0 bridgehead atoms. The molecule has 0 aromatic heterocycles. The van der Waals surface area contributed by atoms with Crippen molar-refractivity contribution in [3.8, 4) is 11.5 Å². The van der Waals surface area contributed by atoms with Gasteiger partial charge in [0.1, 0.15) is 11.5 Å². The first-order valence-corrected chi connectivity index (χ1v) is 6.80. The zero-order valence-electron chi connectivity index (χ0n) is 11.4. The zero-order valence-corrected chi connectivity index (χ0v) is 11.4. The molecule has 0 saturated carbocycles. The lowest BCUT2D eigenvalue weighted by Gasteiger charge is -2.43. The lowest BCUT2D eigenvalue weighted by Crippen LogP contribution is -2.45. The fraction of sp³-hybridized carbons (Fsp3) is 0.600. The molecule has 1 fully saturated rings. The number of benzene rings is 1. The lowest BCUT2D eigenvalue weighted by atomic mass is 9.92. The lowest BCUT2D eigenvalue weighted by molar-refractivity contribution is 0.0602. The van der Waals surface area contributed by atoms with Gasteiger partial charge in [0.2, 0.25) is 0 Å². The van der Waals surface area contributed by atoms with E-state index < -0.39 is 0 Å². The van der Waals surface area contributed by atoms with Gasteiger partial charge in [-0.3, -0.25) is 4.90 Å². The summed E-state index contributed by atoms with van der Waals surface area (Å²) in [6.07, 6.45) is 3.63. The van der Waals surface area contributed by atoms with E-state index in [1.807, 2.05) is 0 Å². The minimum absolute atomic E-state index is 0.0384. The molecule has 1 aliphatic rings. The molecule has 0 radical (unpaired) electrons. The third-order valence-electron chi connectivity index (χ3n) is 4.19. The standard InChI is InChI=1S/C15H23NO2/c1-10-6-4-7-11(2)16(10)12(3)15-13(17)8-5-9-14(15)18/h5,8-12,17-18H,4,6-7H2,1-3H3/t10-,11+,12?. The first-order chi connectivity index (χ1) is 8.52. The van der Waals surface area contributed by atoms with Gasteiger partial charge in [0, 0.05) is 18.1 Å². The van der Waals surface area contributed by atoms with E-state index in [-0.39, 0.29) is 17.5 Å². The Hall–Kier alpha value is -1.22. The number of phenolic OH excluding ortho intramolecular Hbond substituents is 2. The van der Waals surface area contributed by atoms with Gasteiger partial charge in [0.05, 0.1) is 5.56 Å². The molecule has 18 heavy (non-hydrogen) atoms. The molecule has 3 nitrogen and oxygen atoms in total. The predicted molar refractivity (Wildman–Crippen MR) is 72.8 cm³/mol. The highest BCUT2D eigenvalue weighted by atomic mass is 16.3. The van der Waals surface area contributed by atoms with Crippen molar-refractivity contribution in [2.75, 3.05) is 0 Å². The highest BCUT2D eigenvalue weighted by Crippen LogP contribution is 2.39. The van der Waals surface area contributed by atoms with Crippen molar-refractivity contribution in [3.05, 3.63) is 23.8 Å². The Balaban J connectivity index is 2.32. The van der Waals surface area contributed by atoms with Crippen LogP contribution in [-0.2, 0) is 0 Å². The molecule has 2 N–H and O–H groups in total. The molecule has 100 valence electrons. The SMILES string of the molecule is CC(c1c(O)cccc1O)N1[C@H](C)CCC[C@@H]1C. The summed E-state index contributed by atoms with van der Waals surface area (Å²) in [5, 5.41) is 20.0. The van der Waals surface area contributed by atoms with Crippen molar-refractivity contribution in [1.29, 1.82) is 0 Å². The Labute approximate surface area is 109 Å². The topological polar surface area (TPSA) is 43.7 Å². The summed E-state index contributed by atoms with van der Waals surface area (Å²) in [6, 6.07) is 5.97. The number of nitrogens with zero attached hydrogens (tertiary/aromatic N) is 1. The van der Waals surface area contributed by atoms with Crippen LogP contribution in [0.2, 0.25) is 0 Å². The largest absolute Gasteiger partial charge is 0.507 e. The molecule has 0 amide bonds. The van der Waals surface area contributed by atoms with Gasteiger partial charge in [0.25, 0.3) is 0 Å². The Bertz CT molecular complexity index is 389. The van der Waals surface area contributed by atoms with Gasteiger partial charge < -0.3 is 10.2 Å². The van der Waals surface area contributed by atoms with Gasteiger partial charge in [-0.2, -0.15) is 0 Å². The molecular formula is C15H23NO2. The van der Waals surface area contributed by atoms with Crippen LogP contribution in [0.15, 0.2) is 18.2 Å². The highest BCUT2D eigenvalue weighted by molar-refractivity contribution is 5.45. The molecule has 1 heterocycles. The van der Waals surface area contributed by atoms with Crippen LogP contribution in [0.3, 0.4) is 0 Å². The van der Waals surface area contributed by atoms with Crippen LogP contribution in [0.4, 0.5) is 0 Å². The maximum Gasteiger partial charge on any atom is 0.124 e. The van der Waals surface area contributed by atoms with Crippen LogP contribution in [0.1, 0.15) is 51.6 Å². The number of aromatic hydroxyl groups is 2. The molecule has 0 aliphatic carbocycles. The molecule has 1 aromatic carbocycles. The molecule has 1 unspecified atom stereocenters. The second-order valence-electron chi connectivity index (χ2n) is 5.46. The van der Waals surface area contributed by atoms with E-state index in [0.717, 1.165) is 0 Å². The zero-order chi connectivity index (χ0) is 13.3. The molecule has 3 atom stereocenters. The van der Waals surface area contributed by atoms with Crippen molar-refractivity contribution in [2.45, 2.75) is 58.2 Å². The number of hydrogen-bond donors (Lipinski definition) is 2. The number of piperidine rings is 1. The van der Waals surface area contributed by atoms with E-state index in [2.05, 4.69) is 25.7 Å². The molecule has 3 heteroatoms. The van der Waals surface area contributed by atoms with Crippen molar-refractivity contribution in [1.82, 2.24) is 4.90 Å². The summed E-state index contributed by atoms with van der Waals surface area (Å²) in [5.74, 6) is 0.375. The van der Waals surface area contributed by atoms with Crippen LogP contribution in [-0.4, -0.2) is 27.2 Å². The predicted octanol–water partition coefficient (Wildman–Crippen LogP) is 3.42. The summed E-state index contributed by atoms with van der Waals surface area (Å²) >= 11 is 0. The normalized spacial score (nSPS) is 27.1. The number of phenols is 2. The minimum Gasteiger partial charge on any atom is -0.507 e. The molecular weight excluding hydrogens is 226 g/mol. The number of likely N-dealkylation sites (tertiary alicyclic amines) is 1. The third kappa shape index (κ3) is 2.32. The Morgan fingerprint density at radius 2 is 1.61 bits per heavy atom. The average molecular weight is 249 g/mol. The Kier molecular flexibility index (Phi) is 3.81. The number of hydrogen-bond acceptors (Lipinski definition) is 3. The van der Waals surface area contributed by atoms with Crippen molar-refractivity contribution in [3.63, 3.8) is 0 Å². The quantitative estimate of drug-likeness (QED) is 0.844. The van der Waals surface area contributed by atoms with E-state index in [1.165, 1.54) is 19.3 Å². The van der Waals surface area contributed by atoms with Crippen molar-refractivity contribution >= 4 is 0 Å². The van der Waals surface area contributed by atoms with Gasteiger partial charge in [-0.1, -0.05) is 12.5 Å². The fourth-order valence-corrected chi connectivity index (χ4v) is 3.32. The van der Waals surface area contributed by atoms with E-state index in [0.29, 0.717) is 17.6 Å². The van der Waals surface area contributed by atoms with E-state index >= 15 is 0 Å². The van der Waals surface area contributed by atoms with Crippen LogP contribution < -0.4 is 0 Å².